The summed E-state index contributed by atoms with van der Waals surface area (Å²) in [5, 5.41) is 54.5. The van der Waals surface area contributed by atoms with Crippen molar-refractivity contribution in [2.75, 3.05) is 145 Å². The normalized spacial score (nSPS) is 16.3. The molecule has 6 atom stereocenters. The summed E-state index contributed by atoms with van der Waals surface area (Å²) in [4.78, 5) is 110. The molecule has 2 aromatic carbocycles. The first-order chi connectivity index (χ1) is 50.1. The molecule has 2 aromatic heterocycles. The minimum atomic E-state index is -0.922. The van der Waals surface area contributed by atoms with Crippen LogP contribution in [0.1, 0.15) is 103 Å². The highest BCUT2D eigenvalue weighted by Gasteiger charge is 2.45. The van der Waals surface area contributed by atoms with Gasteiger partial charge in [-0.1, -0.05) is 90.1 Å². The number of amides is 5. The van der Waals surface area contributed by atoms with E-state index in [0.717, 1.165) is 43.4 Å². The SMILES string of the molecule is Cc1ncsc1-c1ccc(CNC(=O)C2C[C@@H](O)CN2C(=O)[C@H](N)C(C)(C)C)cc1.Cc1ncsc1-c1ccc(CNC(=O)C2C[C@@H](O)CN2C(=O)[C@H](NC(=O)CCOCCOCCOCCOCCOCCC(=O)O)C(C)(C)C)cc1.O=C(O)CCOCCOCCOCCOCCOCCC(=O)O. The molecule has 2 saturated heterocycles. The van der Waals surface area contributed by atoms with Crippen molar-refractivity contribution >= 4 is 70.1 Å². The number of thiazole rings is 2. The van der Waals surface area contributed by atoms with E-state index in [0.29, 0.717) is 106 Å². The number of hydrogen-bond acceptors (Lipinski definition) is 25. The van der Waals surface area contributed by atoms with Gasteiger partial charge in [0.1, 0.15) is 18.1 Å². The fourth-order valence-electron chi connectivity index (χ4n) is 10.1. The van der Waals surface area contributed by atoms with Gasteiger partial charge in [0.25, 0.3) is 0 Å². The predicted octanol–water partition coefficient (Wildman–Crippen LogP) is 4.26. The van der Waals surface area contributed by atoms with Crippen LogP contribution >= 0.6 is 22.7 Å². The lowest BCUT2D eigenvalue weighted by atomic mass is 9.85. The number of carbonyl (C=O) groups is 8. The van der Waals surface area contributed by atoms with Crippen LogP contribution in [-0.2, 0) is 98.8 Å². The number of aliphatic hydroxyl groups is 2. The summed E-state index contributed by atoms with van der Waals surface area (Å²) in [5.41, 5.74) is 14.6. The van der Waals surface area contributed by atoms with Crippen molar-refractivity contribution in [3.63, 3.8) is 0 Å². The average molecular weight is 1520 g/mol. The number of aromatic nitrogens is 2. The number of benzene rings is 2. The van der Waals surface area contributed by atoms with E-state index in [4.69, 9.17) is 68.4 Å². The number of aliphatic carboxylic acids is 3. The third-order valence-corrected chi connectivity index (χ3v) is 18.0. The molecule has 31 nitrogen and oxygen atoms in total. The average Bonchev–Trinajstić information content (AvgIpc) is 1.54. The first-order valence-corrected chi connectivity index (χ1v) is 36.8. The molecule has 6 rings (SSSR count). The molecule has 0 radical (unpaired) electrons. The van der Waals surface area contributed by atoms with Crippen LogP contribution in [0.25, 0.3) is 20.9 Å². The third-order valence-electron chi connectivity index (χ3n) is 16.0. The molecule has 2 aliphatic heterocycles. The number of carbonyl (C=O) groups excluding carboxylic acids is 5. The third kappa shape index (κ3) is 36.4. The number of ether oxygens (including phenoxy) is 10. The van der Waals surface area contributed by atoms with E-state index in [1.807, 2.05) is 115 Å². The summed E-state index contributed by atoms with van der Waals surface area (Å²) in [5.74, 6) is -4.39. The second kappa shape index (κ2) is 49.7. The Morgan fingerprint density at radius 2 is 0.762 bits per heavy atom. The molecule has 10 N–H and O–H groups in total. The lowest BCUT2D eigenvalue weighted by Gasteiger charge is -2.35. The maximum Gasteiger partial charge on any atom is 0.305 e. The number of likely N-dealkylation sites (tertiary alicyclic amines) is 2. The number of hydrogen-bond donors (Lipinski definition) is 9. The van der Waals surface area contributed by atoms with Crippen molar-refractivity contribution in [1.82, 2.24) is 35.7 Å². The van der Waals surface area contributed by atoms with E-state index in [1.54, 1.807) is 22.7 Å². The lowest BCUT2D eigenvalue weighted by molar-refractivity contribution is -0.144. The summed E-state index contributed by atoms with van der Waals surface area (Å²) in [6.07, 6.45) is -1.27. The molecule has 588 valence electrons. The Morgan fingerprint density at radius 1 is 0.467 bits per heavy atom. The summed E-state index contributed by atoms with van der Waals surface area (Å²) < 4.78 is 52.7. The number of aliphatic hydroxyl groups excluding tert-OH is 2. The second-order valence-corrected chi connectivity index (χ2v) is 28.4. The standard InChI is InChI=1S/C36H54N4O11S.C22H30N4O3S.C14H26O9/c1-25-32(52-24-38-25)27-7-5-26(6-8-27)22-37-34(45)29-21-28(41)23-40(29)35(46)33(36(2,3)4)39-30(42)9-11-47-13-15-49-17-19-51-20-18-50-16-14-48-12-10-31(43)44;1-13-18(30-12-25-13)15-7-5-14(6-8-15)10-24-20(28)17-9-16(27)11-26(17)21(29)19(23)22(2,3)4;15-13(16)1-3-19-5-7-21-9-11-23-12-10-22-8-6-20-4-2-14(17)18/h5-8,24,28-29,33,41H,9-23H2,1-4H3,(H,37,45)(H,39,42)(H,43,44);5-8,12,16-17,19,27H,9-11,23H2,1-4H3,(H,24,28);1-12H2,(H,15,16)(H,17,18)/t28-,29?,33+;16-,17?,19+;/m11./s1. The molecule has 33 heteroatoms. The number of nitrogens with zero attached hydrogens (tertiary/aromatic N) is 4. The second-order valence-electron chi connectivity index (χ2n) is 26.7. The van der Waals surface area contributed by atoms with Crippen molar-refractivity contribution < 1.29 is 111 Å². The van der Waals surface area contributed by atoms with Crippen molar-refractivity contribution in [2.24, 2.45) is 16.6 Å². The first kappa shape index (κ1) is 90.3. The van der Waals surface area contributed by atoms with Crippen LogP contribution in [0.3, 0.4) is 0 Å². The molecule has 0 bridgehead atoms. The number of nitrogens with two attached hydrogens (primary N) is 1. The maximum atomic E-state index is 13.8. The Bertz CT molecular complexity index is 3170. The lowest BCUT2D eigenvalue weighted by Crippen LogP contribution is -2.57. The van der Waals surface area contributed by atoms with Gasteiger partial charge in [0.15, 0.2) is 0 Å². The summed E-state index contributed by atoms with van der Waals surface area (Å²) in [6, 6.07) is 12.6. The van der Waals surface area contributed by atoms with Crippen LogP contribution in [0.4, 0.5) is 0 Å². The van der Waals surface area contributed by atoms with Gasteiger partial charge in [0.05, 0.1) is 202 Å². The molecule has 2 aliphatic rings. The predicted molar refractivity (Wildman–Crippen MR) is 389 cm³/mol. The van der Waals surface area contributed by atoms with Crippen LogP contribution < -0.4 is 21.7 Å². The molecular weight excluding hydrogens is 1410 g/mol. The fraction of sp³-hybridized carbons (Fsp3) is 0.639. The molecule has 0 spiro atoms. The largest absolute Gasteiger partial charge is 0.481 e. The topological polar surface area (TPSA) is 424 Å². The van der Waals surface area contributed by atoms with Gasteiger partial charge in [-0.05, 0) is 46.9 Å². The minimum Gasteiger partial charge on any atom is -0.481 e. The van der Waals surface area contributed by atoms with Crippen molar-refractivity contribution in [3.8, 4) is 20.9 Å². The number of carboxylic acid groups (broad SMARTS) is 3. The Hall–Kier alpha value is -7.06. The minimum absolute atomic E-state index is 0.00277. The zero-order chi connectivity index (χ0) is 77.2. The molecule has 4 aromatic rings. The molecule has 4 heterocycles. The van der Waals surface area contributed by atoms with E-state index in [9.17, 15) is 48.6 Å². The Labute approximate surface area is 622 Å². The molecule has 105 heavy (non-hydrogen) atoms. The highest BCUT2D eigenvalue weighted by molar-refractivity contribution is 7.13. The van der Waals surface area contributed by atoms with Gasteiger partial charge in [-0.25, -0.2) is 9.97 Å². The summed E-state index contributed by atoms with van der Waals surface area (Å²) >= 11 is 3.17. The Kier molecular flexibility index (Phi) is 42.8. The summed E-state index contributed by atoms with van der Waals surface area (Å²) in [6.45, 7) is 22.5. The quantitative estimate of drug-likeness (QED) is 0.0279. The molecule has 2 unspecified atom stereocenters. The molecular formula is C72H110N8O23S2. The van der Waals surface area contributed by atoms with Gasteiger partial charge in [-0.15, -0.1) is 22.7 Å². The van der Waals surface area contributed by atoms with E-state index < -0.39 is 71.0 Å². The highest BCUT2D eigenvalue weighted by atomic mass is 32.1. The van der Waals surface area contributed by atoms with E-state index in [-0.39, 0.29) is 115 Å². The fourth-order valence-corrected chi connectivity index (χ4v) is 11.8. The Balaban J connectivity index is 0.000000370. The number of carboxylic acids is 3. The van der Waals surface area contributed by atoms with E-state index in [1.165, 1.54) is 9.80 Å². The van der Waals surface area contributed by atoms with E-state index >= 15 is 0 Å². The van der Waals surface area contributed by atoms with Crippen molar-refractivity contribution in [1.29, 1.82) is 0 Å². The highest BCUT2D eigenvalue weighted by Crippen LogP contribution is 2.31. The van der Waals surface area contributed by atoms with E-state index in [2.05, 4.69) is 25.9 Å². The van der Waals surface area contributed by atoms with Crippen LogP contribution in [0.5, 0.6) is 0 Å². The number of rotatable bonds is 47. The monoisotopic (exact) mass is 1520 g/mol. The molecule has 5 amide bonds. The number of aryl methyl sites for hydroxylation is 2. The Morgan fingerprint density at radius 3 is 1.04 bits per heavy atom. The summed E-state index contributed by atoms with van der Waals surface area (Å²) in [7, 11) is 0. The number of nitrogens with one attached hydrogen (secondary N) is 3. The van der Waals surface area contributed by atoms with Crippen LogP contribution in [0.15, 0.2) is 59.6 Å². The van der Waals surface area contributed by atoms with Gasteiger partial charge < -0.3 is 104 Å². The van der Waals surface area contributed by atoms with Gasteiger partial charge >= 0.3 is 17.9 Å². The first-order valence-electron chi connectivity index (χ1n) is 35.1. The van der Waals surface area contributed by atoms with Crippen LogP contribution in [0, 0.1) is 24.7 Å². The van der Waals surface area contributed by atoms with Crippen molar-refractivity contribution in [3.05, 3.63) is 82.1 Å². The zero-order valence-corrected chi connectivity index (χ0v) is 63.4. The van der Waals surface area contributed by atoms with Crippen LogP contribution in [-0.4, -0.2) is 274 Å². The van der Waals surface area contributed by atoms with Gasteiger partial charge in [0, 0.05) is 45.4 Å². The molecule has 2 fully saturated rings. The van der Waals surface area contributed by atoms with Crippen LogP contribution in [0.2, 0.25) is 0 Å². The van der Waals surface area contributed by atoms with Gasteiger partial charge in [-0.3, -0.25) is 38.4 Å². The number of β-amino-alcohol motifs (C(OH)–C–C–N with tert-alkyl or cyclic N) is 2. The van der Waals surface area contributed by atoms with Crippen molar-refractivity contribution in [2.45, 2.75) is 143 Å². The van der Waals surface area contributed by atoms with Gasteiger partial charge in [-0.2, -0.15) is 0 Å². The molecule has 0 saturated carbocycles. The smallest absolute Gasteiger partial charge is 0.305 e. The van der Waals surface area contributed by atoms with Gasteiger partial charge in [0.2, 0.25) is 29.5 Å². The zero-order valence-electron chi connectivity index (χ0n) is 61.7. The molecule has 0 aliphatic carbocycles. The maximum absolute atomic E-state index is 13.8.